The summed E-state index contributed by atoms with van der Waals surface area (Å²) in [6.07, 6.45) is 0. The molecule has 0 saturated carbocycles. The van der Waals surface area contributed by atoms with E-state index in [-0.39, 0.29) is 38.5 Å². The number of anilines is 1. The first-order chi connectivity index (χ1) is 14.7. The minimum Gasteiger partial charge on any atom is -0.494 e. The number of nitrogens with one attached hydrogen (secondary N) is 1. The number of hydrogen-bond donors (Lipinski definition) is 1. The number of methoxy groups -OCH3 is 1. The lowest BCUT2D eigenvalue weighted by molar-refractivity contribution is -0.401. The van der Waals surface area contributed by atoms with Gasteiger partial charge in [0, 0.05) is 18.0 Å². The second-order valence-electron chi connectivity index (χ2n) is 6.24. The van der Waals surface area contributed by atoms with Crippen molar-refractivity contribution in [2.75, 3.05) is 19.5 Å². The fourth-order valence-electron chi connectivity index (χ4n) is 3.03. The van der Waals surface area contributed by atoms with Crippen molar-refractivity contribution in [3.63, 3.8) is 0 Å². The smallest absolute Gasteiger partial charge is 0.433 e. The topological polar surface area (TPSA) is 145 Å². The van der Waals surface area contributed by atoms with Gasteiger partial charge >= 0.3 is 5.88 Å². The second-order valence-corrected chi connectivity index (χ2v) is 9.03. The normalized spacial score (nSPS) is 14.8. The van der Waals surface area contributed by atoms with E-state index in [0.29, 0.717) is 0 Å². The maximum Gasteiger partial charge on any atom is 0.433 e. The zero-order chi connectivity index (χ0) is 22.3. The van der Waals surface area contributed by atoms with Crippen LogP contribution in [0.15, 0.2) is 56.8 Å². The van der Waals surface area contributed by atoms with Gasteiger partial charge < -0.3 is 9.15 Å². The van der Waals surface area contributed by atoms with E-state index in [1.165, 1.54) is 32.4 Å². The summed E-state index contributed by atoms with van der Waals surface area (Å²) < 4.78 is 37.0. The van der Waals surface area contributed by atoms with Gasteiger partial charge in [-0.1, -0.05) is 12.1 Å². The third kappa shape index (κ3) is 3.43. The van der Waals surface area contributed by atoms with Crippen LogP contribution >= 0.6 is 11.3 Å². The zero-order valence-corrected chi connectivity index (χ0v) is 17.7. The Labute approximate surface area is 179 Å². The number of sulfonamides is 1. The minimum atomic E-state index is -3.95. The van der Waals surface area contributed by atoms with Gasteiger partial charge in [0.15, 0.2) is 22.3 Å². The first-order valence-corrected chi connectivity index (χ1v) is 10.9. The molecule has 1 aliphatic heterocycles. The lowest BCUT2D eigenvalue weighted by Crippen LogP contribution is -2.37. The molecule has 0 saturated heterocycles. The predicted octanol–water partition coefficient (Wildman–Crippen LogP) is 2.90. The largest absolute Gasteiger partial charge is 0.494 e. The molecule has 11 nitrogen and oxygen atoms in total. The quantitative estimate of drug-likeness (QED) is 0.450. The molecule has 1 aromatic carbocycles. The van der Waals surface area contributed by atoms with Gasteiger partial charge in [-0.15, -0.1) is 11.3 Å². The van der Waals surface area contributed by atoms with Gasteiger partial charge in [-0.3, -0.25) is 24.5 Å². The molecule has 0 unspecified atom stereocenters. The van der Waals surface area contributed by atoms with Crippen LogP contribution in [0.4, 0.5) is 11.0 Å². The average molecular weight is 462 g/mol. The van der Waals surface area contributed by atoms with Crippen LogP contribution in [0.5, 0.6) is 0 Å². The molecular formula is C18H14N4O7S2. The first kappa shape index (κ1) is 20.6. The number of aromatic nitrogens is 1. The molecule has 0 spiro atoms. The average Bonchev–Trinajstić information content (AvgIpc) is 3.40. The van der Waals surface area contributed by atoms with Crippen molar-refractivity contribution in [3.8, 4) is 11.5 Å². The highest BCUT2D eigenvalue weighted by Gasteiger charge is 2.38. The van der Waals surface area contributed by atoms with E-state index in [4.69, 9.17) is 9.15 Å². The number of carbonyl (C=O) groups is 1. The van der Waals surface area contributed by atoms with Crippen LogP contribution in [-0.2, 0) is 19.6 Å². The number of ether oxygens (including phenoxy) is 1. The molecule has 1 aliphatic rings. The SMILES string of the molecule is COC1=C(C(=O)Nc2nc(-c3ccc([N+](=O)[O-])o3)cs2)N(C)S(=O)(=O)c2ccccc21. The van der Waals surface area contributed by atoms with Crippen LogP contribution in [-0.4, -0.2) is 42.7 Å². The molecule has 3 aromatic rings. The Bertz CT molecular complexity index is 1340. The molecule has 3 heterocycles. The van der Waals surface area contributed by atoms with Crippen molar-refractivity contribution in [3.05, 3.63) is 63.2 Å². The number of carbonyl (C=O) groups excluding carboxylic acids is 1. The summed E-state index contributed by atoms with van der Waals surface area (Å²) in [5.74, 6) is -0.921. The van der Waals surface area contributed by atoms with E-state index >= 15 is 0 Å². The monoisotopic (exact) mass is 462 g/mol. The van der Waals surface area contributed by atoms with E-state index in [2.05, 4.69) is 10.3 Å². The fourth-order valence-corrected chi connectivity index (χ4v) is 5.12. The molecular weight excluding hydrogens is 448 g/mol. The molecule has 0 bridgehead atoms. The summed E-state index contributed by atoms with van der Waals surface area (Å²) in [5.41, 5.74) is 0.354. The number of fused-ring (bicyclic) bond motifs is 1. The van der Waals surface area contributed by atoms with Gasteiger partial charge in [-0.2, -0.15) is 0 Å². The molecule has 0 atom stereocenters. The van der Waals surface area contributed by atoms with E-state index in [9.17, 15) is 23.3 Å². The lowest BCUT2D eigenvalue weighted by Gasteiger charge is -2.29. The van der Waals surface area contributed by atoms with Crippen LogP contribution in [0.3, 0.4) is 0 Å². The van der Waals surface area contributed by atoms with Gasteiger partial charge in [-0.05, 0) is 18.2 Å². The molecule has 13 heteroatoms. The van der Waals surface area contributed by atoms with Gasteiger partial charge in [0.05, 0.1) is 18.1 Å². The summed E-state index contributed by atoms with van der Waals surface area (Å²) in [4.78, 5) is 27.3. The highest BCUT2D eigenvalue weighted by molar-refractivity contribution is 7.89. The van der Waals surface area contributed by atoms with Crippen LogP contribution < -0.4 is 5.32 Å². The van der Waals surface area contributed by atoms with Crippen LogP contribution in [0.1, 0.15) is 5.56 Å². The maximum atomic E-state index is 13.0. The number of rotatable bonds is 5. The summed E-state index contributed by atoms with van der Waals surface area (Å²) in [6, 6.07) is 8.80. The van der Waals surface area contributed by atoms with E-state index < -0.39 is 26.7 Å². The molecule has 0 fully saturated rings. The van der Waals surface area contributed by atoms with Crippen LogP contribution in [0.25, 0.3) is 17.2 Å². The Balaban J connectivity index is 1.67. The predicted molar refractivity (Wildman–Crippen MR) is 110 cm³/mol. The minimum absolute atomic E-state index is 0.0295. The van der Waals surface area contributed by atoms with Gasteiger partial charge in [0.1, 0.15) is 10.6 Å². The first-order valence-electron chi connectivity index (χ1n) is 8.62. The molecule has 1 amide bonds. The summed E-state index contributed by atoms with van der Waals surface area (Å²) in [6.45, 7) is 0. The van der Waals surface area contributed by atoms with Gasteiger partial charge in [-0.25, -0.2) is 13.4 Å². The summed E-state index contributed by atoms with van der Waals surface area (Å²) in [7, 11) is -1.35. The number of nitrogens with zero attached hydrogens (tertiary/aromatic N) is 3. The van der Waals surface area contributed by atoms with Crippen molar-refractivity contribution in [2.24, 2.45) is 0 Å². The summed E-state index contributed by atoms with van der Waals surface area (Å²) in [5, 5.41) is 15.0. The van der Waals surface area contributed by atoms with Gasteiger partial charge in [0.2, 0.25) is 0 Å². The van der Waals surface area contributed by atoms with Crippen molar-refractivity contribution in [1.82, 2.24) is 9.29 Å². The van der Waals surface area contributed by atoms with Gasteiger partial charge in [0.25, 0.3) is 15.9 Å². The van der Waals surface area contributed by atoms with E-state index in [0.717, 1.165) is 15.6 Å². The maximum absolute atomic E-state index is 13.0. The fraction of sp³-hybridized carbons (Fsp3) is 0.111. The molecule has 1 N–H and O–H groups in total. The summed E-state index contributed by atoms with van der Waals surface area (Å²) >= 11 is 1.05. The second kappa shape index (κ2) is 7.52. The van der Waals surface area contributed by atoms with Crippen molar-refractivity contribution < 1.29 is 27.3 Å². The van der Waals surface area contributed by atoms with E-state index in [1.807, 2.05) is 0 Å². The zero-order valence-electron chi connectivity index (χ0n) is 16.1. The number of nitro groups is 1. The number of benzene rings is 1. The number of amides is 1. The highest BCUT2D eigenvalue weighted by atomic mass is 32.2. The Morgan fingerprint density at radius 1 is 1.29 bits per heavy atom. The lowest BCUT2D eigenvalue weighted by atomic mass is 10.1. The standard InChI is InChI=1S/C18H14N4O7S2/c1-21-15(16(28-2)10-5-3-4-6-13(10)31(21,26)27)17(23)20-18-19-11(9-30-18)12-7-8-14(29-12)22(24)25/h3-9H,1-2H3,(H,19,20,23). The van der Waals surface area contributed by atoms with Crippen LogP contribution in [0.2, 0.25) is 0 Å². The third-order valence-corrected chi connectivity index (χ3v) is 7.04. The Morgan fingerprint density at radius 2 is 2.03 bits per heavy atom. The number of hydrogen-bond acceptors (Lipinski definition) is 9. The third-order valence-electron chi connectivity index (χ3n) is 4.47. The Kier molecular flexibility index (Phi) is 4.99. The highest BCUT2D eigenvalue weighted by Crippen LogP contribution is 2.37. The van der Waals surface area contributed by atoms with Crippen molar-refractivity contribution in [1.29, 1.82) is 0 Å². The number of furan rings is 1. The molecule has 0 aliphatic carbocycles. The molecule has 0 radical (unpaired) electrons. The van der Waals surface area contributed by atoms with Crippen molar-refractivity contribution >= 4 is 44.0 Å². The van der Waals surface area contributed by atoms with Crippen LogP contribution in [0, 0.1) is 10.1 Å². The molecule has 160 valence electrons. The Morgan fingerprint density at radius 3 is 2.71 bits per heavy atom. The molecule has 31 heavy (non-hydrogen) atoms. The Hall–Kier alpha value is -3.71. The number of likely N-dealkylation sites (N-methyl/N-ethyl adjacent to an activating group) is 1. The molecule has 4 rings (SSSR count). The van der Waals surface area contributed by atoms with E-state index in [1.54, 1.807) is 23.6 Å². The number of thiazole rings is 1. The van der Waals surface area contributed by atoms with Crippen molar-refractivity contribution in [2.45, 2.75) is 4.90 Å². The molecule has 2 aromatic heterocycles.